The molecule has 0 aromatic rings. The molecule has 1 fully saturated rings. The molecule has 1 rings (SSSR count). The van der Waals surface area contributed by atoms with Gasteiger partial charge in [-0.25, -0.2) is 0 Å². The predicted octanol–water partition coefficient (Wildman–Crippen LogP) is 3.00. The molecule has 0 heterocycles. The summed E-state index contributed by atoms with van der Waals surface area (Å²) in [5.74, 6) is 0.662. The number of hydrogen-bond donors (Lipinski definition) is 1. The fourth-order valence-electron chi connectivity index (χ4n) is 3.28. The first kappa shape index (κ1) is 14.5. The average Bonchev–Trinajstić information content (AvgIpc) is 2.21. The van der Waals surface area contributed by atoms with Crippen LogP contribution in [-0.4, -0.2) is 34.1 Å². The molecule has 0 aliphatic heterocycles. The molecule has 0 radical (unpaired) electrons. The minimum absolute atomic E-state index is 0.419. The molecule has 1 saturated carbocycles. The van der Waals surface area contributed by atoms with Crippen LogP contribution in [0, 0.1) is 11.8 Å². The van der Waals surface area contributed by atoms with Crippen LogP contribution in [-0.2, 0) is 4.79 Å². The number of carboxylic acid groups (broad SMARTS) is 1. The van der Waals surface area contributed by atoms with Crippen LogP contribution in [0.2, 0.25) is 0 Å². The second kappa shape index (κ2) is 5.38. The summed E-state index contributed by atoms with van der Waals surface area (Å²) in [6.45, 7) is 11.1. The number of carboxylic acids is 1. The summed E-state index contributed by atoms with van der Waals surface area (Å²) in [5.41, 5.74) is -0.756. The minimum atomic E-state index is -0.756. The number of aliphatic carboxylic acids is 1. The second-order valence-corrected chi connectivity index (χ2v) is 6.11. The lowest BCUT2D eigenvalue weighted by atomic mass is 9.77. The van der Waals surface area contributed by atoms with Crippen molar-refractivity contribution in [2.45, 2.75) is 65.5 Å². The van der Waals surface area contributed by atoms with Crippen molar-refractivity contribution in [3.63, 3.8) is 0 Å². The zero-order valence-electron chi connectivity index (χ0n) is 11.9. The van der Waals surface area contributed by atoms with Crippen LogP contribution in [0.4, 0.5) is 0 Å². The zero-order chi connectivity index (χ0) is 13.2. The first-order valence-corrected chi connectivity index (χ1v) is 6.80. The summed E-state index contributed by atoms with van der Waals surface area (Å²) >= 11 is 0. The van der Waals surface area contributed by atoms with Crippen molar-refractivity contribution in [2.24, 2.45) is 11.8 Å². The summed E-state index contributed by atoms with van der Waals surface area (Å²) in [6, 6.07) is 0.419. The Morgan fingerprint density at radius 3 is 2.35 bits per heavy atom. The lowest BCUT2D eigenvalue weighted by Crippen LogP contribution is -2.57. The molecular formula is C14H27NO2. The van der Waals surface area contributed by atoms with E-state index < -0.39 is 11.5 Å². The molecule has 0 aromatic heterocycles. The standard InChI is InChI=1S/C14H27NO2/c1-6-15(14(4,5)13(16)17)12-8-7-10(2)9-11(12)3/h10-12H,6-9H2,1-5H3,(H,16,17). The minimum Gasteiger partial charge on any atom is -0.480 e. The topological polar surface area (TPSA) is 40.5 Å². The van der Waals surface area contributed by atoms with Crippen molar-refractivity contribution in [2.75, 3.05) is 6.54 Å². The van der Waals surface area contributed by atoms with Crippen molar-refractivity contribution in [1.29, 1.82) is 0 Å². The molecular weight excluding hydrogens is 214 g/mol. The van der Waals surface area contributed by atoms with E-state index in [4.69, 9.17) is 0 Å². The van der Waals surface area contributed by atoms with Gasteiger partial charge in [-0.1, -0.05) is 20.8 Å². The molecule has 0 bridgehead atoms. The molecule has 17 heavy (non-hydrogen) atoms. The third-order valence-electron chi connectivity index (χ3n) is 4.37. The van der Waals surface area contributed by atoms with Gasteiger partial charge < -0.3 is 5.11 Å². The number of likely N-dealkylation sites (N-methyl/N-ethyl adjacent to an activating group) is 1. The van der Waals surface area contributed by atoms with Gasteiger partial charge in [0.05, 0.1) is 0 Å². The zero-order valence-corrected chi connectivity index (χ0v) is 11.9. The highest BCUT2D eigenvalue weighted by molar-refractivity contribution is 5.77. The molecule has 1 N–H and O–H groups in total. The number of nitrogens with zero attached hydrogens (tertiary/aromatic N) is 1. The molecule has 3 nitrogen and oxygen atoms in total. The molecule has 3 unspecified atom stereocenters. The lowest BCUT2D eigenvalue weighted by Gasteiger charge is -2.46. The number of hydrogen-bond acceptors (Lipinski definition) is 2. The Morgan fingerprint density at radius 2 is 1.94 bits per heavy atom. The molecule has 1 aliphatic carbocycles. The summed E-state index contributed by atoms with van der Waals surface area (Å²) in [5, 5.41) is 9.37. The Labute approximate surface area is 105 Å². The van der Waals surface area contributed by atoms with Crippen molar-refractivity contribution < 1.29 is 9.90 Å². The first-order chi connectivity index (χ1) is 7.80. The van der Waals surface area contributed by atoms with Gasteiger partial charge in [0.25, 0.3) is 0 Å². The van der Waals surface area contributed by atoms with Crippen LogP contribution in [0.3, 0.4) is 0 Å². The summed E-state index contributed by atoms with van der Waals surface area (Å²) in [7, 11) is 0. The number of carbonyl (C=O) groups is 1. The molecule has 0 amide bonds. The fourth-order valence-corrected chi connectivity index (χ4v) is 3.28. The predicted molar refractivity (Wildman–Crippen MR) is 70.1 cm³/mol. The molecule has 100 valence electrons. The van der Waals surface area contributed by atoms with Gasteiger partial charge in [-0.05, 0) is 51.5 Å². The molecule has 0 spiro atoms. The highest BCUT2D eigenvalue weighted by Crippen LogP contribution is 2.35. The Hall–Kier alpha value is -0.570. The smallest absolute Gasteiger partial charge is 0.323 e. The molecule has 1 aliphatic rings. The van der Waals surface area contributed by atoms with E-state index in [9.17, 15) is 9.90 Å². The van der Waals surface area contributed by atoms with Gasteiger partial charge in [-0.2, -0.15) is 0 Å². The van der Waals surface area contributed by atoms with Crippen molar-refractivity contribution in [3.8, 4) is 0 Å². The van der Waals surface area contributed by atoms with Gasteiger partial charge in [0.15, 0.2) is 0 Å². The molecule has 0 saturated heterocycles. The van der Waals surface area contributed by atoms with Crippen LogP contribution >= 0.6 is 0 Å². The number of rotatable bonds is 4. The van der Waals surface area contributed by atoms with Gasteiger partial charge in [-0.15, -0.1) is 0 Å². The monoisotopic (exact) mass is 241 g/mol. The fraction of sp³-hybridized carbons (Fsp3) is 0.929. The highest BCUT2D eigenvalue weighted by Gasteiger charge is 2.41. The SMILES string of the molecule is CCN(C1CCC(C)CC1C)C(C)(C)C(=O)O. The van der Waals surface area contributed by atoms with Crippen molar-refractivity contribution >= 4 is 5.97 Å². The second-order valence-electron chi connectivity index (χ2n) is 6.11. The van der Waals surface area contributed by atoms with Crippen LogP contribution in [0.5, 0.6) is 0 Å². The summed E-state index contributed by atoms with van der Waals surface area (Å²) in [4.78, 5) is 13.6. The summed E-state index contributed by atoms with van der Waals surface area (Å²) in [6.07, 6.45) is 3.57. The van der Waals surface area contributed by atoms with E-state index in [0.717, 1.165) is 18.9 Å². The van der Waals surface area contributed by atoms with Crippen LogP contribution in [0.25, 0.3) is 0 Å². The molecule has 0 aromatic carbocycles. The maximum Gasteiger partial charge on any atom is 0.323 e. The van der Waals surface area contributed by atoms with Crippen molar-refractivity contribution in [3.05, 3.63) is 0 Å². The molecule has 3 heteroatoms. The van der Waals surface area contributed by atoms with E-state index in [1.54, 1.807) is 0 Å². The average molecular weight is 241 g/mol. The summed E-state index contributed by atoms with van der Waals surface area (Å²) < 4.78 is 0. The Balaban J connectivity index is 2.84. The first-order valence-electron chi connectivity index (χ1n) is 6.80. The van der Waals surface area contributed by atoms with Crippen LogP contribution in [0.15, 0.2) is 0 Å². The van der Waals surface area contributed by atoms with Crippen LogP contribution in [0.1, 0.15) is 53.9 Å². The Bertz CT molecular complexity index is 275. The van der Waals surface area contributed by atoms with E-state index in [-0.39, 0.29) is 0 Å². The normalized spacial score (nSPS) is 30.6. The Morgan fingerprint density at radius 1 is 1.35 bits per heavy atom. The Kier molecular flexibility index (Phi) is 4.59. The van der Waals surface area contributed by atoms with E-state index in [0.29, 0.717) is 12.0 Å². The van der Waals surface area contributed by atoms with E-state index >= 15 is 0 Å². The van der Waals surface area contributed by atoms with Gasteiger partial charge in [0.2, 0.25) is 0 Å². The van der Waals surface area contributed by atoms with E-state index in [2.05, 4.69) is 25.7 Å². The van der Waals surface area contributed by atoms with E-state index in [1.165, 1.54) is 12.8 Å². The van der Waals surface area contributed by atoms with E-state index in [1.807, 2.05) is 13.8 Å². The largest absolute Gasteiger partial charge is 0.480 e. The lowest BCUT2D eigenvalue weighted by molar-refractivity contribution is -0.152. The molecule has 3 atom stereocenters. The maximum absolute atomic E-state index is 11.4. The van der Waals surface area contributed by atoms with Gasteiger partial charge in [0, 0.05) is 6.04 Å². The maximum atomic E-state index is 11.4. The van der Waals surface area contributed by atoms with Gasteiger partial charge in [-0.3, -0.25) is 9.69 Å². The van der Waals surface area contributed by atoms with Crippen LogP contribution < -0.4 is 0 Å². The van der Waals surface area contributed by atoms with Crippen molar-refractivity contribution in [1.82, 2.24) is 4.90 Å². The third-order valence-corrected chi connectivity index (χ3v) is 4.37. The quantitative estimate of drug-likeness (QED) is 0.822. The van der Waals surface area contributed by atoms with Gasteiger partial charge >= 0.3 is 5.97 Å². The van der Waals surface area contributed by atoms with Gasteiger partial charge in [0.1, 0.15) is 5.54 Å². The highest BCUT2D eigenvalue weighted by atomic mass is 16.4. The third kappa shape index (κ3) is 3.01.